The molecule has 0 bridgehead atoms. The van der Waals surface area contributed by atoms with Gasteiger partial charge in [-0.15, -0.1) is 0 Å². The number of hydrogen-bond acceptors (Lipinski definition) is 5. The molecule has 0 heterocycles. The van der Waals surface area contributed by atoms with E-state index in [1.165, 1.54) is 4.90 Å². The van der Waals surface area contributed by atoms with E-state index in [0.717, 1.165) is 0 Å². The maximum Gasteiger partial charge on any atom is 0.307 e. The van der Waals surface area contributed by atoms with Crippen LogP contribution in [0.5, 0.6) is 5.75 Å². The summed E-state index contributed by atoms with van der Waals surface area (Å²) in [5.41, 5.74) is 0.375. The highest BCUT2D eigenvalue weighted by Crippen LogP contribution is 2.16. The summed E-state index contributed by atoms with van der Waals surface area (Å²) in [5, 5.41) is 8.91. The van der Waals surface area contributed by atoms with Gasteiger partial charge < -0.3 is 14.4 Å². The number of hydrogen-bond donors (Lipinski definition) is 0. The fraction of sp³-hybridized carbons (Fsp3) is 0.400. The van der Waals surface area contributed by atoms with Gasteiger partial charge in [0.2, 0.25) is 0 Å². The molecule has 0 aromatic heterocycles. The van der Waals surface area contributed by atoms with Gasteiger partial charge in [0, 0.05) is 13.6 Å². The largest absolute Gasteiger partial charge is 0.482 e. The van der Waals surface area contributed by atoms with Crippen molar-refractivity contribution < 1.29 is 19.1 Å². The highest BCUT2D eigenvalue weighted by Gasteiger charge is 2.13. The van der Waals surface area contributed by atoms with Crippen LogP contribution in [0.15, 0.2) is 24.3 Å². The average molecular weight is 290 g/mol. The molecule has 1 aromatic rings. The second kappa shape index (κ2) is 8.59. The normalized spacial score (nSPS) is 9.57. The number of amides is 1. The Kier molecular flexibility index (Phi) is 6.75. The van der Waals surface area contributed by atoms with Gasteiger partial charge in [-0.25, -0.2) is 0 Å². The molecule has 0 saturated carbocycles. The Morgan fingerprint density at radius 3 is 2.71 bits per heavy atom. The fourth-order valence-electron chi connectivity index (χ4n) is 1.55. The number of para-hydroxylation sites is 1. The highest BCUT2D eigenvalue weighted by atomic mass is 16.5. The SMILES string of the molecule is CCOC(=O)CCN(C)C(=O)COc1ccccc1C#N. The van der Waals surface area contributed by atoms with Crippen molar-refractivity contribution in [1.82, 2.24) is 4.90 Å². The number of nitriles is 1. The van der Waals surface area contributed by atoms with Crippen LogP contribution in [0, 0.1) is 11.3 Å². The molecule has 0 N–H and O–H groups in total. The lowest BCUT2D eigenvalue weighted by Gasteiger charge is -2.17. The minimum atomic E-state index is -0.340. The second-order valence-electron chi connectivity index (χ2n) is 4.27. The zero-order valence-electron chi connectivity index (χ0n) is 12.2. The number of ether oxygens (including phenoxy) is 2. The fourth-order valence-corrected chi connectivity index (χ4v) is 1.55. The molecule has 1 aromatic carbocycles. The van der Waals surface area contributed by atoms with Gasteiger partial charge in [0.1, 0.15) is 11.8 Å². The summed E-state index contributed by atoms with van der Waals surface area (Å²) in [6, 6.07) is 8.68. The van der Waals surface area contributed by atoms with Crippen molar-refractivity contribution >= 4 is 11.9 Å². The number of carbonyl (C=O) groups is 2. The summed E-state index contributed by atoms with van der Waals surface area (Å²) in [6.45, 7) is 2.14. The molecular formula is C15H18N2O4. The van der Waals surface area contributed by atoms with Gasteiger partial charge in [0.05, 0.1) is 18.6 Å². The summed E-state index contributed by atoms with van der Waals surface area (Å²) >= 11 is 0. The standard InChI is InChI=1S/C15H18N2O4/c1-3-20-15(19)8-9-17(2)14(18)11-21-13-7-5-4-6-12(13)10-16/h4-7H,3,8-9,11H2,1-2H3. The summed E-state index contributed by atoms with van der Waals surface area (Å²) in [4.78, 5) is 24.5. The Morgan fingerprint density at radius 1 is 1.33 bits per heavy atom. The van der Waals surface area contributed by atoms with E-state index in [4.69, 9.17) is 14.7 Å². The third-order valence-corrected chi connectivity index (χ3v) is 2.74. The lowest BCUT2D eigenvalue weighted by molar-refractivity contribution is -0.144. The van der Waals surface area contributed by atoms with Crippen LogP contribution >= 0.6 is 0 Å². The van der Waals surface area contributed by atoms with Crippen molar-refractivity contribution in [2.45, 2.75) is 13.3 Å². The predicted molar refractivity (Wildman–Crippen MR) is 75.5 cm³/mol. The zero-order chi connectivity index (χ0) is 15.7. The predicted octanol–water partition coefficient (Wildman–Crippen LogP) is 1.35. The molecule has 21 heavy (non-hydrogen) atoms. The Hall–Kier alpha value is -2.55. The van der Waals surface area contributed by atoms with Crippen LogP contribution in [0.25, 0.3) is 0 Å². The van der Waals surface area contributed by atoms with Crippen LogP contribution in [0.2, 0.25) is 0 Å². The van der Waals surface area contributed by atoms with E-state index in [9.17, 15) is 9.59 Å². The molecule has 6 nitrogen and oxygen atoms in total. The van der Waals surface area contributed by atoms with Crippen molar-refractivity contribution in [2.75, 3.05) is 26.8 Å². The van der Waals surface area contributed by atoms with Gasteiger partial charge in [0.25, 0.3) is 5.91 Å². The first kappa shape index (κ1) is 16.5. The minimum Gasteiger partial charge on any atom is -0.482 e. The Balaban J connectivity index is 2.43. The van der Waals surface area contributed by atoms with Crippen LogP contribution in [0.3, 0.4) is 0 Å². The van der Waals surface area contributed by atoms with E-state index >= 15 is 0 Å². The molecule has 0 radical (unpaired) electrons. The maximum absolute atomic E-state index is 11.9. The molecule has 0 fully saturated rings. The molecule has 0 unspecified atom stereocenters. The van der Waals surface area contributed by atoms with E-state index in [0.29, 0.717) is 17.9 Å². The van der Waals surface area contributed by atoms with Gasteiger partial charge in [-0.1, -0.05) is 12.1 Å². The first-order valence-corrected chi connectivity index (χ1v) is 6.60. The average Bonchev–Trinajstić information content (AvgIpc) is 2.50. The quantitative estimate of drug-likeness (QED) is 0.708. The van der Waals surface area contributed by atoms with Gasteiger partial charge >= 0.3 is 5.97 Å². The van der Waals surface area contributed by atoms with Gasteiger partial charge in [-0.05, 0) is 19.1 Å². The number of carbonyl (C=O) groups excluding carboxylic acids is 2. The first-order chi connectivity index (χ1) is 10.1. The molecule has 0 aliphatic rings. The lowest BCUT2D eigenvalue weighted by atomic mass is 10.2. The van der Waals surface area contributed by atoms with E-state index in [1.807, 2.05) is 6.07 Å². The summed E-state index contributed by atoms with van der Waals surface area (Å²) < 4.78 is 10.1. The Bertz CT molecular complexity index is 537. The maximum atomic E-state index is 11.9. The Labute approximate surface area is 123 Å². The van der Waals surface area contributed by atoms with Crippen molar-refractivity contribution in [1.29, 1.82) is 5.26 Å². The van der Waals surface area contributed by atoms with Crippen LogP contribution in [0.4, 0.5) is 0 Å². The van der Waals surface area contributed by atoms with Gasteiger partial charge in [0.15, 0.2) is 6.61 Å². The molecular weight excluding hydrogens is 272 g/mol. The molecule has 0 atom stereocenters. The number of esters is 1. The molecule has 0 saturated heterocycles. The molecule has 1 amide bonds. The van der Waals surface area contributed by atoms with E-state index in [2.05, 4.69) is 0 Å². The van der Waals surface area contributed by atoms with Crippen molar-refractivity contribution in [2.24, 2.45) is 0 Å². The summed E-state index contributed by atoms with van der Waals surface area (Å²) in [7, 11) is 1.58. The van der Waals surface area contributed by atoms with Crippen molar-refractivity contribution in [3.8, 4) is 11.8 Å². The third kappa shape index (κ3) is 5.53. The lowest BCUT2D eigenvalue weighted by Crippen LogP contribution is -2.33. The van der Waals surface area contributed by atoms with E-state index in [1.54, 1.807) is 38.2 Å². The van der Waals surface area contributed by atoms with Crippen molar-refractivity contribution in [3.63, 3.8) is 0 Å². The van der Waals surface area contributed by atoms with Crippen LogP contribution < -0.4 is 4.74 Å². The van der Waals surface area contributed by atoms with Crippen molar-refractivity contribution in [3.05, 3.63) is 29.8 Å². The molecule has 6 heteroatoms. The third-order valence-electron chi connectivity index (χ3n) is 2.74. The summed E-state index contributed by atoms with van der Waals surface area (Å²) in [5.74, 6) is -0.243. The number of nitrogens with zero attached hydrogens (tertiary/aromatic N) is 2. The minimum absolute atomic E-state index is 0.144. The van der Waals surface area contributed by atoms with Gasteiger partial charge in [-0.3, -0.25) is 9.59 Å². The molecule has 1 rings (SSSR count). The van der Waals surface area contributed by atoms with Gasteiger partial charge in [-0.2, -0.15) is 5.26 Å². The summed E-state index contributed by atoms with van der Waals surface area (Å²) in [6.07, 6.45) is 0.144. The highest BCUT2D eigenvalue weighted by molar-refractivity contribution is 5.78. The first-order valence-electron chi connectivity index (χ1n) is 6.60. The number of benzene rings is 1. The zero-order valence-corrected chi connectivity index (χ0v) is 12.2. The van der Waals surface area contributed by atoms with Crippen LogP contribution in [-0.4, -0.2) is 43.6 Å². The van der Waals surface area contributed by atoms with E-state index in [-0.39, 0.29) is 31.4 Å². The van der Waals surface area contributed by atoms with Crippen LogP contribution in [0.1, 0.15) is 18.9 Å². The number of rotatable bonds is 7. The molecule has 112 valence electrons. The molecule has 0 spiro atoms. The second-order valence-corrected chi connectivity index (χ2v) is 4.27. The van der Waals surface area contributed by atoms with Crippen LogP contribution in [-0.2, 0) is 14.3 Å². The smallest absolute Gasteiger partial charge is 0.307 e. The number of likely N-dealkylation sites (N-methyl/N-ethyl adjacent to an activating group) is 1. The molecule has 0 aliphatic carbocycles. The molecule has 0 aliphatic heterocycles. The van der Waals surface area contributed by atoms with E-state index < -0.39 is 0 Å². The Morgan fingerprint density at radius 2 is 2.05 bits per heavy atom. The topological polar surface area (TPSA) is 79.6 Å². The monoisotopic (exact) mass is 290 g/mol.